The Morgan fingerprint density at radius 1 is 1.03 bits per heavy atom. The Morgan fingerprint density at radius 2 is 1.81 bits per heavy atom. The van der Waals surface area contributed by atoms with Crippen LogP contribution in [0.2, 0.25) is 0 Å². The summed E-state index contributed by atoms with van der Waals surface area (Å²) in [6.07, 6.45) is 4.85. The zero-order valence-electron chi connectivity index (χ0n) is 19.0. The van der Waals surface area contributed by atoms with Crippen LogP contribution in [0.4, 0.5) is 0 Å². The van der Waals surface area contributed by atoms with Gasteiger partial charge < -0.3 is 14.2 Å². The summed E-state index contributed by atoms with van der Waals surface area (Å²) < 4.78 is 16.9. The summed E-state index contributed by atoms with van der Waals surface area (Å²) in [5.74, 6) is 1.97. The van der Waals surface area contributed by atoms with Crippen molar-refractivity contribution in [2.45, 2.75) is 44.6 Å². The third-order valence-corrected chi connectivity index (χ3v) is 6.90. The summed E-state index contributed by atoms with van der Waals surface area (Å²) in [7, 11) is 5.46. The molecule has 0 bridgehead atoms. The normalized spacial score (nSPS) is 23.1. The number of fused-ring (bicyclic) bond motifs is 1. The smallest absolute Gasteiger partial charge is 0.343 e. The van der Waals surface area contributed by atoms with Crippen molar-refractivity contribution >= 4 is 5.97 Å². The molecule has 0 saturated carbocycles. The van der Waals surface area contributed by atoms with Crippen LogP contribution in [0, 0.1) is 13.8 Å². The first-order valence-electron chi connectivity index (χ1n) is 10.8. The Bertz CT molecular complexity index is 1030. The number of hydrogen-bond donors (Lipinski definition) is 0. The van der Waals surface area contributed by atoms with Gasteiger partial charge in [0.2, 0.25) is 0 Å². The molecule has 4 rings (SSSR count). The minimum absolute atomic E-state index is 0.0238. The van der Waals surface area contributed by atoms with E-state index in [0.717, 1.165) is 54.2 Å². The standard InChI is InChI=1S/C26H31NO4/c1-17-6-8-21(18(2)14-17)25(28)31-20-10-11-26(12-13-27(3)24(26)16-20)19-7-9-22(29-4)23(15-19)30-5/h6-9,14-16,24H,10-13H2,1-5H3/t24-,26-/m0/s1. The predicted octanol–water partition coefficient (Wildman–Crippen LogP) is 4.80. The van der Waals surface area contributed by atoms with Gasteiger partial charge >= 0.3 is 5.97 Å². The van der Waals surface area contributed by atoms with Gasteiger partial charge in [-0.1, -0.05) is 23.8 Å². The number of allylic oxidation sites excluding steroid dienone is 1. The zero-order valence-corrected chi connectivity index (χ0v) is 19.0. The molecule has 164 valence electrons. The lowest BCUT2D eigenvalue weighted by atomic mass is 9.68. The average Bonchev–Trinajstić information content (AvgIpc) is 3.10. The molecule has 1 fully saturated rings. The molecule has 0 spiro atoms. The van der Waals surface area contributed by atoms with E-state index in [2.05, 4.69) is 30.2 Å². The van der Waals surface area contributed by atoms with Crippen LogP contribution in [-0.2, 0) is 10.2 Å². The summed E-state index contributed by atoms with van der Waals surface area (Å²) in [6.45, 7) is 4.97. The van der Waals surface area contributed by atoms with Crippen LogP contribution < -0.4 is 9.47 Å². The molecule has 0 N–H and O–H groups in total. The number of rotatable bonds is 5. The van der Waals surface area contributed by atoms with E-state index in [9.17, 15) is 4.79 Å². The van der Waals surface area contributed by atoms with Crippen molar-refractivity contribution in [2.24, 2.45) is 0 Å². The summed E-state index contributed by atoms with van der Waals surface area (Å²) in [4.78, 5) is 15.2. The first-order chi connectivity index (χ1) is 14.9. The maximum Gasteiger partial charge on any atom is 0.343 e. The van der Waals surface area contributed by atoms with Gasteiger partial charge in [0, 0.05) is 17.9 Å². The number of carbonyl (C=O) groups is 1. The molecule has 1 heterocycles. The van der Waals surface area contributed by atoms with Crippen LogP contribution in [0.25, 0.3) is 0 Å². The summed E-state index contributed by atoms with van der Waals surface area (Å²) >= 11 is 0. The van der Waals surface area contributed by atoms with E-state index in [1.54, 1.807) is 14.2 Å². The highest BCUT2D eigenvalue weighted by Crippen LogP contribution is 2.49. The fourth-order valence-electron chi connectivity index (χ4n) is 5.16. The van der Waals surface area contributed by atoms with Gasteiger partial charge in [0.05, 0.1) is 19.8 Å². The molecule has 5 heteroatoms. The molecule has 2 atom stereocenters. The Morgan fingerprint density at radius 3 is 2.52 bits per heavy atom. The van der Waals surface area contributed by atoms with Crippen LogP contribution in [-0.4, -0.2) is 44.7 Å². The third kappa shape index (κ3) is 3.83. The van der Waals surface area contributed by atoms with Crippen molar-refractivity contribution < 1.29 is 19.0 Å². The number of aryl methyl sites for hydroxylation is 2. The van der Waals surface area contributed by atoms with Gasteiger partial charge in [-0.05, 0) is 75.7 Å². The van der Waals surface area contributed by atoms with Gasteiger partial charge in [0.1, 0.15) is 5.76 Å². The van der Waals surface area contributed by atoms with Crippen LogP contribution in [0.5, 0.6) is 11.5 Å². The van der Waals surface area contributed by atoms with Gasteiger partial charge in [-0.3, -0.25) is 4.90 Å². The number of likely N-dealkylation sites (tertiary alicyclic amines) is 1. The molecular weight excluding hydrogens is 390 g/mol. The van der Waals surface area contributed by atoms with Crippen LogP contribution in [0.1, 0.15) is 46.3 Å². The van der Waals surface area contributed by atoms with Gasteiger partial charge in [0.15, 0.2) is 11.5 Å². The Labute approximate surface area is 184 Å². The van der Waals surface area contributed by atoms with Crippen molar-refractivity contribution in [3.63, 3.8) is 0 Å². The van der Waals surface area contributed by atoms with Gasteiger partial charge in [-0.2, -0.15) is 0 Å². The van der Waals surface area contributed by atoms with Crippen molar-refractivity contribution in [2.75, 3.05) is 27.8 Å². The molecule has 0 unspecified atom stereocenters. The molecule has 0 aromatic heterocycles. The molecule has 2 aliphatic rings. The summed E-state index contributed by atoms with van der Waals surface area (Å²) in [5, 5.41) is 0. The molecule has 2 aromatic carbocycles. The fourth-order valence-corrected chi connectivity index (χ4v) is 5.16. The monoisotopic (exact) mass is 421 g/mol. The van der Waals surface area contributed by atoms with E-state index in [0.29, 0.717) is 5.56 Å². The zero-order chi connectivity index (χ0) is 22.2. The van der Waals surface area contributed by atoms with Gasteiger partial charge in [0.25, 0.3) is 0 Å². The van der Waals surface area contributed by atoms with Crippen molar-refractivity contribution in [3.05, 3.63) is 70.5 Å². The molecule has 1 aliphatic carbocycles. The molecule has 1 aliphatic heterocycles. The van der Waals surface area contributed by atoms with E-state index in [1.165, 1.54) is 5.56 Å². The lowest BCUT2D eigenvalue weighted by Crippen LogP contribution is -2.42. The number of ether oxygens (including phenoxy) is 3. The fraction of sp³-hybridized carbons (Fsp3) is 0.423. The van der Waals surface area contributed by atoms with Crippen LogP contribution in [0.3, 0.4) is 0 Å². The highest BCUT2D eigenvalue weighted by atomic mass is 16.5. The molecule has 1 saturated heterocycles. The summed E-state index contributed by atoms with van der Waals surface area (Å²) in [6, 6.07) is 12.2. The minimum atomic E-state index is -0.275. The number of benzene rings is 2. The second-order valence-electron chi connectivity index (χ2n) is 8.74. The van der Waals surface area contributed by atoms with Crippen molar-refractivity contribution in [1.29, 1.82) is 0 Å². The highest BCUT2D eigenvalue weighted by molar-refractivity contribution is 5.91. The van der Waals surface area contributed by atoms with Gasteiger partial charge in [-0.25, -0.2) is 4.79 Å². The number of esters is 1. The number of hydrogen-bond acceptors (Lipinski definition) is 5. The third-order valence-electron chi connectivity index (χ3n) is 6.90. The van der Waals surface area contributed by atoms with E-state index >= 15 is 0 Å². The number of likely N-dealkylation sites (N-methyl/N-ethyl adjacent to an activating group) is 1. The van der Waals surface area contributed by atoms with Crippen LogP contribution in [0.15, 0.2) is 48.2 Å². The van der Waals surface area contributed by atoms with Gasteiger partial charge in [-0.15, -0.1) is 0 Å². The number of carbonyl (C=O) groups excluding carboxylic acids is 1. The SMILES string of the molecule is COc1ccc([C@@]23CCC(OC(=O)c4ccc(C)cc4C)=C[C@@H]2N(C)CC3)cc1OC. The maximum atomic E-state index is 12.8. The quantitative estimate of drug-likeness (QED) is 0.649. The number of nitrogens with zero attached hydrogens (tertiary/aromatic N) is 1. The Balaban J connectivity index is 1.62. The molecule has 0 amide bonds. The van der Waals surface area contributed by atoms with Crippen LogP contribution >= 0.6 is 0 Å². The largest absolute Gasteiger partial charge is 0.493 e. The Hall–Kier alpha value is -2.79. The first kappa shape index (κ1) is 21.4. The molecule has 31 heavy (non-hydrogen) atoms. The lowest BCUT2D eigenvalue weighted by Gasteiger charge is -2.40. The van der Waals surface area contributed by atoms with E-state index in [-0.39, 0.29) is 17.4 Å². The maximum absolute atomic E-state index is 12.8. The second kappa shape index (κ2) is 8.39. The number of methoxy groups -OCH3 is 2. The highest BCUT2D eigenvalue weighted by Gasteiger charge is 2.48. The predicted molar refractivity (Wildman–Crippen MR) is 121 cm³/mol. The average molecular weight is 422 g/mol. The lowest BCUT2D eigenvalue weighted by molar-refractivity contribution is 0.0592. The molecular formula is C26H31NO4. The topological polar surface area (TPSA) is 48.0 Å². The van der Waals surface area contributed by atoms with E-state index < -0.39 is 0 Å². The van der Waals surface area contributed by atoms with Crippen molar-refractivity contribution in [1.82, 2.24) is 4.90 Å². The Kier molecular flexibility index (Phi) is 5.80. The minimum Gasteiger partial charge on any atom is -0.493 e. The summed E-state index contributed by atoms with van der Waals surface area (Å²) in [5.41, 5.74) is 3.93. The molecule has 2 aromatic rings. The second-order valence-corrected chi connectivity index (χ2v) is 8.74. The molecule has 0 radical (unpaired) electrons. The molecule has 5 nitrogen and oxygen atoms in total. The van der Waals surface area contributed by atoms with E-state index in [4.69, 9.17) is 14.2 Å². The van der Waals surface area contributed by atoms with Crippen molar-refractivity contribution in [3.8, 4) is 11.5 Å². The first-order valence-corrected chi connectivity index (χ1v) is 10.8. The van der Waals surface area contributed by atoms with E-state index in [1.807, 2.05) is 38.1 Å².